The molecule has 3 nitrogen and oxygen atoms in total. The highest BCUT2D eigenvalue weighted by Crippen LogP contribution is 2.37. The van der Waals surface area contributed by atoms with Crippen molar-refractivity contribution in [1.29, 1.82) is 0 Å². The van der Waals surface area contributed by atoms with E-state index in [-0.39, 0.29) is 0 Å². The Morgan fingerprint density at radius 3 is 2.90 bits per heavy atom. The van der Waals surface area contributed by atoms with E-state index >= 15 is 0 Å². The number of hydrogen-bond donors (Lipinski definition) is 0. The van der Waals surface area contributed by atoms with E-state index in [1.165, 1.54) is 5.57 Å². The third-order valence-corrected chi connectivity index (χ3v) is 4.28. The zero-order valence-electron chi connectivity index (χ0n) is 11.5. The summed E-state index contributed by atoms with van der Waals surface area (Å²) < 4.78 is 8.69. The lowest BCUT2D eigenvalue weighted by Gasteiger charge is -2.10. The molecule has 0 bridgehead atoms. The molecule has 0 atom stereocenters. The standard InChI is InChI=1S/C17H13BrN2O/c1-21-15-5-3-2-4-12(15)13-7-8-14-17(13)20-10-11(18)6-9-16(20)19-14/h2-7,9-10H,8H2,1H3. The average molecular weight is 341 g/mol. The Morgan fingerprint density at radius 2 is 2.05 bits per heavy atom. The van der Waals surface area contributed by atoms with Crippen LogP contribution in [0.1, 0.15) is 17.0 Å². The maximum Gasteiger partial charge on any atom is 0.137 e. The first-order valence-electron chi connectivity index (χ1n) is 6.78. The zero-order chi connectivity index (χ0) is 14.4. The first kappa shape index (κ1) is 12.7. The molecular weight excluding hydrogens is 328 g/mol. The van der Waals surface area contributed by atoms with E-state index in [1.807, 2.05) is 30.3 Å². The van der Waals surface area contributed by atoms with Gasteiger partial charge in [0.2, 0.25) is 0 Å². The smallest absolute Gasteiger partial charge is 0.137 e. The molecule has 21 heavy (non-hydrogen) atoms. The fourth-order valence-electron chi connectivity index (χ4n) is 2.90. The molecule has 2 heterocycles. The molecule has 0 saturated carbocycles. The van der Waals surface area contributed by atoms with E-state index in [9.17, 15) is 0 Å². The van der Waals surface area contributed by atoms with E-state index in [0.29, 0.717) is 0 Å². The molecule has 4 heteroatoms. The minimum Gasteiger partial charge on any atom is -0.496 e. The number of ether oxygens (including phenoxy) is 1. The van der Waals surface area contributed by atoms with E-state index in [1.54, 1.807) is 7.11 Å². The van der Waals surface area contributed by atoms with Crippen LogP contribution in [0.15, 0.2) is 53.1 Å². The second-order valence-electron chi connectivity index (χ2n) is 5.00. The van der Waals surface area contributed by atoms with Gasteiger partial charge < -0.3 is 4.74 Å². The number of benzene rings is 1. The number of aromatic nitrogens is 2. The number of allylic oxidation sites excluding steroid dienone is 1. The van der Waals surface area contributed by atoms with Crippen molar-refractivity contribution in [3.63, 3.8) is 0 Å². The topological polar surface area (TPSA) is 26.5 Å². The Bertz CT molecular complexity index is 880. The Labute approximate surface area is 131 Å². The molecule has 0 aliphatic heterocycles. The summed E-state index contributed by atoms with van der Waals surface area (Å²) >= 11 is 3.54. The number of halogens is 1. The van der Waals surface area contributed by atoms with Crippen LogP contribution in [0.3, 0.4) is 0 Å². The normalized spacial score (nSPS) is 13.3. The van der Waals surface area contributed by atoms with Gasteiger partial charge in [-0.1, -0.05) is 24.3 Å². The fraction of sp³-hybridized carbons (Fsp3) is 0.118. The van der Waals surface area contributed by atoms with Gasteiger partial charge in [-0.15, -0.1) is 0 Å². The SMILES string of the molecule is COc1ccccc1C1=CCc2nc3ccc(Br)cn3c21. The van der Waals surface area contributed by atoms with Crippen LogP contribution in [0.25, 0.3) is 11.2 Å². The minimum atomic E-state index is 0.863. The van der Waals surface area contributed by atoms with Gasteiger partial charge in [-0.3, -0.25) is 4.40 Å². The number of rotatable bonds is 2. The van der Waals surface area contributed by atoms with Crippen LogP contribution in [0.2, 0.25) is 0 Å². The summed E-state index contributed by atoms with van der Waals surface area (Å²) in [6, 6.07) is 12.2. The second kappa shape index (κ2) is 4.74. The summed E-state index contributed by atoms with van der Waals surface area (Å²) in [5.41, 5.74) is 5.56. The monoisotopic (exact) mass is 340 g/mol. The first-order valence-corrected chi connectivity index (χ1v) is 7.57. The van der Waals surface area contributed by atoms with Crippen molar-refractivity contribution in [3.05, 3.63) is 70.1 Å². The van der Waals surface area contributed by atoms with Crippen LogP contribution < -0.4 is 4.74 Å². The molecule has 0 radical (unpaired) electrons. The van der Waals surface area contributed by atoms with Crippen LogP contribution in [0.4, 0.5) is 0 Å². The van der Waals surface area contributed by atoms with Crippen molar-refractivity contribution in [1.82, 2.24) is 9.38 Å². The summed E-state index contributed by atoms with van der Waals surface area (Å²) in [4.78, 5) is 4.71. The van der Waals surface area contributed by atoms with Crippen LogP contribution in [0.5, 0.6) is 5.75 Å². The number of methoxy groups -OCH3 is 1. The molecule has 104 valence electrons. The molecule has 4 rings (SSSR count). The van der Waals surface area contributed by atoms with Gasteiger partial charge >= 0.3 is 0 Å². The predicted octanol–water partition coefficient (Wildman–Crippen LogP) is 4.09. The number of imidazole rings is 1. The summed E-state index contributed by atoms with van der Waals surface area (Å²) in [6.07, 6.45) is 5.15. The number of para-hydroxylation sites is 1. The Balaban J connectivity index is 1.96. The van der Waals surface area contributed by atoms with Crippen molar-refractivity contribution in [2.75, 3.05) is 7.11 Å². The first-order chi connectivity index (χ1) is 10.3. The quantitative estimate of drug-likeness (QED) is 0.702. The van der Waals surface area contributed by atoms with Crippen LogP contribution in [0, 0.1) is 0 Å². The van der Waals surface area contributed by atoms with E-state index < -0.39 is 0 Å². The van der Waals surface area contributed by atoms with Crippen LogP contribution in [-0.4, -0.2) is 16.5 Å². The molecule has 0 N–H and O–H groups in total. The number of nitrogens with zero attached hydrogens (tertiary/aromatic N) is 2. The lowest BCUT2D eigenvalue weighted by molar-refractivity contribution is 0.413. The molecule has 0 fully saturated rings. The van der Waals surface area contributed by atoms with Gasteiger partial charge in [0.15, 0.2) is 0 Å². The highest BCUT2D eigenvalue weighted by atomic mass is 79.9. The van der Waals surface area contributed by atoms with E-state index in [0.717, 1.165) is 39.2 Å². The molecule has 1 aromatic carbocycles. The van der Waals surface area contributed by atoms with E-state index in [4.69, 9.17) is 9.72 Å². The van der Waals surface area contributed by atoms with Gasteiger partial charge in [-0.2, -0.15) is 0 Å². The van der Waals surface area contributed by atoms with Crippen molar-refractivity contribution in [3.8, 4) is 5.75 Å². The third-order valence-electron chi connectivity index (χ3n) is 3.81. The molecule has 0 amide bonds. The molecule has 1 aliphatic rings. The third kappa shape index (κ3) is 1.90. The Morgan fingerprint density at radius 1 is 1.19 bits per heavy atom. The summed E-state index contributed by atoms with van der Waals surface area (Å²) in [6.45, 7) is 0. The van der Waals surface area contributed by atoms with Gasteiger partial charge in [0, 0.05) is 28.2 Å². The summed E-state index contributed by atoms with van der Waals surface area (Å²) in [7, 11) is 1.71. The number of pyridine rings is 1. The lowest BCUT2D eigenvalue weighted by atomic mass is 10.0. The molecule has 3 aromatic rings. The van der Waals surface area contributed by atoms with Crippen molar-refractivity contribution in [2.24, 2.45) is 0 Å². The molecule has 0 spiro atoms. The number of hydrogen-bond acceptors (Lipinski definition) is 2. The van der Waals surface area contributed by atoms with Gasteiger partial charge in [0.25, 0.3) is 0 Å². The van der Waals surface area contributed by atoms with Crippen molar-refractivity contribution in [2.45, 2.75) is 6.42 Å². The zero-order valence-corrected chi connectivity index (χ0v) is 13.1. The molecule has 0 saturated heterocycles. The van der Waals surface area contributed by atoms with Gasteiger partial charge in [0.05, 0.1) is 18.5 Å². The maximum absolute atomic E-state index is 5.51. The summed E-state index contributed by atoms with van der Waals surface area (Å²) in [5, 5.41) is 0. The largest absolute Gasteiger partial charge is 0.496 e. The van der Waals surface area contributed by atoms with E-state index in [2.05, 4.69) is 38.7 Å². The second-order valence-corrected chi connectivity index (χ2v) is 5.92. The minimum absolute atomic E-state index is 0.863. The number of fused-ring (bicyclic) bond motifs is 3. The van der Waals surface area contributed by atoms with Crippen molar-refractivity contribution < 1.29 is 4.74 Å². The Kier molecular flexibility index (Phi) is 2.86. The van der Waals surface area contributed by atoms with Gasteiger partial charge in [-0.05, 0) is 34.1 Å². The Hall–Kier alpha value is -2.07. The summed E-state index contributed by atoms with van der Waals surface area (Å²) in [5.74, 6) is 0.890. The highest BCUT2D eigenvalue weighted by molar-refractivity contribution is 9.10. The van der Waals surface area contributed by atoms with Gasteiger partial charge in [-0.25, -0.2) is 4.98 Å². The van der Waals surface area contributed by atoms with Crippen LogP contribution in [-0.2, 0) is 6.42 Å². The molecule has 0 unspecified atom stereocenters. The molecular formula is C17H13BrN2O. The fourth-order valence-corrected chi connectivity index (χ4v) is 3.23. The predicted molar refractivity (Wildman–Crippen MR) is 86.7 cm³/mol. The van der Waals surface area contributed by atoms with Crippen LogP contribution >= 0.6 is 15.9 Å². The maximum atomic E-state index is 5.51. The van der Waals surface area contributed by atoms with Gasteiger partial charge in [0.1, 0.15) is 11.4 Å². The lowest BCUT2D eigenvalue weighted by Crippen LogP contribution is -1.96. The molecule has 1 aliphatic carbocycles. The highest BCUT2D eigenvalue weighted by Gasteiger charge is 2.23. The van der Waals surface area contributed by atoms with Crippen molar-refractivity contribution >= 4 is 27.2 Å². The molecule has 2 aromatic heterocycles. The average Bonchev–Trinajstić information content (AvgIpc) is 3.06.